The summed E-state index contributed by atoms with van der Waals surface area (Å²) >= 11 is 0. The van der Waals surface area contributed by atoms with E-state index in [1.807, 2.05) is 13.8 Å². The van der Waals surface area contributed by atoms with Crippen LogP contribution in [-0.2, 0) is 14.3 Å². The summed E-state index contributed by atoms with van der Waals surface area (Å²) in [4.78, 5) is 20.0. The van der Waals surface area contributed by atoms with E-state index >= 15 is 0 Å². The van der Waals surface area contributed by atoms with E-state index in [1.165, 1.54) is 0 Å². The molecule has 0 fully saturated rings. The van der Waals surface area contributed by atoms with E-state index < -0.39 is 24.3 Å². The predicted molar refractivity (Wildman–Crippen MR) is 51.2 cm³/mol. The van der Waals surface area contributed by atoms with Gasteiger partial charge in [-0.2, -0.15) is 0 Å². The van der Waals surface area contributed by atoms with Gasteiger partial charge in [0.25, 0.3) is 0 Å². The molecule has 0 bridgehead atoms. The molecule has 5 N–H and O–H groups in total. The molecular weight excluding hydrogens is 188 g/mol. The third-order valence-electron chi connectivity index (χ3n) is 1.13. The minimum atomic E-state index is -1.44. The Labute approximate surface area is 83.2 Å². The number of nitrogens with two attached hydrogens (primary N) is 2. The maximum atomic E-state index is 10.00. The molecule has 1 atom stereocenters. The van der Waals surface area contributed by atoms with Crippen LogP contribution < -0.4 is 11.5 Å². The average molecular weight is 206 g/mol. The van der Waals surface area contributed by atoms with Crippen molar-refractivity contribution in [2.24, 2.45) is 11.5 Å². The van der Waals surface area contributed by atoms with Crippen molar-refractivity contribution in [3.63, 3.8) is 0 Å². The Hall–Kier alpha value is -1.14. The number of hydrogen-bond donors (Lipinski definition) is 3. The van der Waals surface area contributed by atoms with E-state index in [-0.39, 0.29) is 0 Å². The lowest BCUT2D eigenvalue weighted by atomic mass is 10.2. The lowest BCUT2D eigenvalue weighted by Gasteiger charge is -2.00. The summed E-state index contributed by atoms with van der Waals surface area (Å²) in [7, 11) is 0. The SMILES string of the molecule is CCOCC.NC(=O)CC(O)C(N)=O. The van der Waals surface area contributed by atoms with Crippen molar-refractivity contribution in [3.05, 3.63) is 0 Å². The highest BCUT2D eigenvalue weighted by Gasteiger charge is 2.12. The molecule has 0 aromatic carbocycles. The maximum absolute atomic E-state index is 10.00. The van der Waals surface area contributed by atoms with E-state index in [0.717, 1.165) is 13.2 Å². The molecule has 0 aliphatic carbocycles. The second-order valence-corrected chi connectivity index (χ2v) is 2.37. The Morgan fingerprint density at radius 1 is 1.29 bits per heavy atom. The van der Waals surface area contributed by atoms with Crippen molar-refractivity contribution in [2.75, 3.05) is 13.2 Å². The Bertz CT molecular complexity index is 171. The first-order valence-corrected chi connectivity index (χ1v) is 4.29. The zero-order valence-corrected chi connectivity index (χ0v) is 8.53. The van der Waals surface area contributed by atoms with Gasteiger partial charge in [-0.1, -0.05) is 0 Å². The minimum absolute atomic E-state index is 0.407. The summed E-state index contributed by atoms with van der Waals surface area (Å²) in [5, 5.41) is 8.52. The molecule has 6 heteroatoms. The number of carbonyl (C=O) groups is 2. The lowest BCUT2D eigenvalue weighted by molar-refractivity contribution is -0.131. The van der Waals surface area contributed by atoms with E-state index in [9.17, 15) is 9.59 Å². The van der Waals surface area contributed by atoms with Crippen LogP contribution in [0.2, 0.25) is 0 Å². The summed E-state index contributed by atoms with van der Waals surface area (Å²) in [5.74, 6) is -1.69. The molecule has 0 radical (unpaired) electrons. The van der Waals surface area contributed by atoms with Crippen molar-refractivity contribution < 1.29 is 19.4 Å². The van der Waals surface area contributed by atoms with Crippen molar-refractivity contribution in [1.82, 2.24) is 0 Å². The van der Waals surface area contributed by atoms with E-state index in [4.69, 9.17) is 9.84 Å². The van der Waals surface area contributed by atoms with Crippen LogP contribution in [0.25, 0.3) is 0 Å². The van der Waals surface area contributed by atoms with Crippen LogP contribution in [0.1, 0.15) is 20.3 Å². The summed E-state index contributed by atoms with van der Waals surface area (Å²) in [5.41, 5.74) is 9.21. The van der Waals surface area contributed by atoms with Crippen LogP contribution in [-0.4, -0.2) is 36.2 Å². The highest BCUT2D eigenvalue weighted by Crippen LogP contribution is 1.86. The van der Waals surface area contributed by atoms with Crippen LogP contribution in [0.4, 0.5) is 0 Å². The molecule has 0 rings (SSSR count). The Kier molecular flexibility index (Phi) is 10.9. The molecule has 0 aliphatic heterocycles. The van der Waals surface area contributed by atoms with Gasteiger partial charge in [0.2, 0.25) is 11.8 Å². The van der Waals surface area contributed by atoms with Gasteiger partial charge in [0.05, 0.1) is 6.42 Å². The first-order valence-electron chi connectivity index (χ1n) is 4.29. The third kappa shape index (κ3) is 13.4. The fourth-order valence-electron chi connectivity index (χ4n) is 0.495. The average Bonchev–Trinajstić information content (AvgIpc) is 2.05. The van der Waals surface area contributed by atoms with E-state index in [2.05, 4.69) is 11.5 Å². The highest BCUT2D eigenvalue weighted by molar-refractivity contribution is 5.85. The minimum Gasteiger partial charge on any atom is -0.383 e. The largest absolute Gasteiger partial charge is 0.383 e. The maximum Gasteiger partial charge on any atom is 0.246 e. The molecule has 6 nitrogen and oxygen atoms in total. The molecule has 14 heavy (non-hydrogen) atoms. The number of aliphatic hydroxyl groups excluding tert-OH is 1. The molecule has 0 aliphatic rings. The summed E-state index contributed by atoms with van der Waals surface area (Å²) in [6.45, 7) is 5.67. The van der Waals surface area contributed by atoms with Crippen LogP contribution in [0.5, 0.6) is 0 Å². The zero-order valence-electron chi connectivity index (χ0n) is 8.53. The molecule has 0 aromatic rings. The van der Waals surface area contributed by atoms with Crippen LogP contribution in [0.15, 0.2) is 0 Å². The monoisotopic (exact) mass is 206 g/mol. The molecule has 0 heterocycles. The number of aliphatic hydroxyl groups is 1. The summed E-state index contributed by atoms with van der Waals surface area (Å²) < 4.78 is 4.83. The molecule has 0 saturated carbocycles. The van der Waals surface area contributed by atoms with Crippen molar-refractivity contribution in [1.29, 1.82) is 0 Å². The molecule has 2 amide bonds. The first-order chi connectivity index (χ1) is 6.45. The van der Waals surface area contributed by atoms with Gasteiger partial charge >= 0.3 is 0 Å². The Balaban J connectivity index is 0. The smallest absolute Gasteiger partial charge is 0.246 e. The normalized spacial score (nSPS) is 11.1. The fourth-order valence-corrected chi connectivity index (χ4v) is 0.495. The Morgan fingerprint density at radius 3 is 1.79 bits per heavy atom. The van der Waals surface area contributed by atoms with Crippen LogP contribution >= 0.6 is 0 Å². The molecule has 0 saturated heterocycles. The van der Waals surface area contributed by atoms with Crippen molar-refractivity contribution in [2.45, 2.75) is 26.4 Å². The number of rotatable bonds is 5. The van der Waals surface area contributed by atoms with Gasteiger partial charge < -0.3 is 21.3 Å². The lowest BCUT2D eigenvalue weighted by Crippen LogP contribution is -2.32. The highest BCUT2D eigenvalue weighted by atomic mass is 16.5. The van der Waals surface area contributed by atoms with Crippen LogP contribution in [0.3, 0.4) is 0 Å². The third-order valence-corrected chi connectivity index (χ3v) is 1.13. The second-order valence-electron chi connectivity index (χ2n) is 2.37. The van der Waals surface area contributed by atoms with Gasteiger partial charge in [-0.25, -0.2) is 0 Å². The quantitative estimate of drug-likeness (QED) is 0.521. The van der Waals surface area contributed by atoms with Gasteiger partial charge in [-0.05, 0) is 13.8 Å². The van der Waals surface area contributed by atoms with Gasteiger partial charge in [0.15, 0.2) is 0 Å². The Morgan fingerprint density at radius 2 is 1.71 bits per heavy atom. The van der Waals surface area contributed by atoms with Crippen molar-refractivity contribution >= 4 is 11.8 Å². The summed E-state index contributed by atoms with van der Waals surface area (Å²) in [6.07, 6.45) is -1.85. The van der Waals surface area contributed by atoms with E-state index in [1.54, 1.807) is 0 Å². The van der Waals surface area contributed by atoms with Crippen LogP contribution in [0, 0.1) is 0 Å². The molecular formula is C8H18N2O4. The van der Waals surface area contributed by atoms with Gasteiger partial charge in [-0.15, -0.1) is 0 Å². The molecule has 0 aromatic heterocycles. The number of amides is 2. The number of carbonyl (C=O) groups excluding carboxylic acids is 2. The number of hydrogen-bond acceptors (Lipinski definition) is 4. The van der Waals surface area contributed by atoms with Gasteiger partial charge in [0, 0.05) is 13.2 Å². The molecule has 84 valence electrons. The second kappa shape index (κ2) is 9.94. The molecule has 1 unspecified atom stereocenters. The zero-order chi connectivity index (χ0) is 11.6. The first kappa shape index (κ1) is 15.3. The predicted octanol–water partition coefficient (Wildman–Crippen LogP) is -1.25. The number of ether oxygens (including phenoxy) is 1. The van der Waals surface area contributed by atoms with Gasteiger partial charge in [-0.3, -0.25) is 9.59 Å². The summed E-state index contributed by atoms with van der Waals surface area (Å²) in [6, 6.07) is 0. The van der Waals surface area contributed by atoms with Gasteiger partial charge in [0.1, 0.15) is 6.10 Å². The number of primary amides is 2. The standard InChI is InChI=1S/C4H8N2O3.C4H10O/c5-3(8)1-2(7)4(6)9;1-3-5-4-2/h2,7H,1H2,(H2,5,8)(H2,6,9);3-4H2,1-2H3. The topological polar surface area (TPSA) is 116 Å². The fraction of sp³-hybridized carbons (Fsp3) is 0.750. The van der Waals surface area contributed by atoms with Crippen molar-refractivity contribution in [3.8, 4) is 0 Å². The molecule has 0 spiro atoms. The van der Waals surface area contributed by atoms with E-state index in [0.29, 0.717) is 0 Å².